The summed E-state index contributed by atoms with van der Waals surface area (Å²) in [7, 11) is 0. The molecule has 0 saturated carbocycles. The maximum Gasteiger partial charge on any atom is 0.161 e. The van der Waals surface area contributed by atoms with E-state index in [1.165, 1.54) is 96.8 Å². The Kier molecular flexibility index (Phi) is 15.3. The highest BCUT2D eigenvalue weighted by Crippen LogP contribution is 2.46. The SMILES string of the molecule is CCCCCCOc1cc2c3ccc(-n4c5ccccc5c5ccccc54)cc3c3cc(OCCCCCC)c(OCCCCCC)cc3c2cc1OCCCCCC. The van der Waals surface area contributed by atoms with Gasteiger partial charge in [0.15, 0.2) is 23.0 Å². The highest BCUT2D eigenvalue weighted by Gasteiger charge is 2.20. The molecule has 5 nitrogen and oxygen atoms in total. The van der Waals surface area contributed by atoms with Crippen molar-refractivity contribution in [2.45, 2.75) is 130 Å². The fourth-order valence-corrected chi connectivity index (χ4v) is 8.64. The van der Waals surface area contributed by atoms with Crippen LogP contribution in [0.4, 0.5) is 0 Å². The molecule has 312 valence electrons. The molecular weight excluding hydrogens is 727 g/mol. The molecule has 0 aliphatic heterocycles. The van der Waals surface area contributed by atoms with Gasteiger partial charge in [-0.15, -0.1) is 0 Å². The van der Waals surface area contributed by atoms with E-state index in [4.69, 9.17) is 18.9 Å². The van der Waals surface area contributed by atoms with Gasteiger partial charge in [-0.1, -0.05) is 147 Å². The molecule has 0 amide bonds. The van der Waals surface area contributed by atoms with Crippen molar-refractivity contribution in [3.8, 4) is 28.7 Å². The number of ether oxygens (including phenoxy) is 4. The molecule has 0 N–H and O–H groups in total. The topological polar surface area (TPSA) is 41.9 Å². The summed E-state index contributed by atoms with van der Waals surface area (Å²) in [6, 6.07) is 33.5. The predicted octanol–water partition coefficient (Wildman–Crippen LogP) is 16.1. The van der Waals surface area contributed by atoms with Crippen molar-refractivity contribution in [1.29, 1.82) is 0 Å². The third-order valence-electron chi connectivity index (χ3n) is 11.9. The smallest absolute Gasteiger partial charge is 0.161 e. The molecule has 0 fully saturated rings. The van der Waals surface area contributed by atoms with Crippen LogP contribution in [0.2, 0.25) is 0 Å². The zero-order valence-corrected chi connectivity index (χ0v) is 36.4. The number of benzene rings is 6. The molecule has 0 bridgehead atoms. The highest BCUT2D eigenvalue weighted by molar-refractivity contribution is 6.26. The maximum absolute atomic E-state index is 6.67. The fourth-order valence-electron chi connectivity index (χ4n) is 8.64. The Morgan fingerprint density at radius 2 is 0.661 bits per heavy atom. The van der Waals surface area contributed by atoms with Gasteiger partial charge in [-0.2, -0.15) is 0 Å². The Balaban J connectivity index is 1.43. The third kappa shape index (κ3) is 9.94. The average Bonchev–Trinajstić information content (AvgIpc) is 3.60. The number of fused-ring (bicyclic) bond motifs is 9. The first kappa shape index (κ1) is 42.2. The molecule has 0 spiro atoms. The van der Waals surface area contributed by atoms with Crippen LogP contribution in [0.25, 0.3) is 59.8 Å². The molecule has 0 radical (unpaired) electrons. The largest absolute Gasteiger partial charge is 0.490 e. The second-order valence-corrected chi connectivity index (χ2v) is 16.4. The molecule has 7 rings (SSSR count). The number of aromatic nitrogens is 1. The number of para-hydroxylation sites is 2. The van der Waals surface area contributed by atoms with Gasteiger partial charge in [-0.25, -0.2) is 0 Å². The van der Waals surface area contributed by atoms with Gasteiger partial charge < -0.3 is 23.5 Å². The van der Waals surface area contributed by atoms with Crippen LogP contribution in [0.15, 0.2) is 91.0 Å². The van der Waals surface area contributed by atoms with Gasteiger partial charge in [0.1, 0.15) is 0 Å². The lowest BCUT2D eigenvalue weighted by atomic mass is 9.93. The van der Waals surface area contributed by atoms with E-state index in [-0.39, 0.29) is 0 Å². The molecule has 1 aromatic heterocycles. The lowest BCUT2D eigenvalue weighted by Gasteiger charge is -2.20. The summed E-state index contributed by atoms with van der Waals surface area (Å²) in [5, 5.41) is 9.47. The van der Waals surface area contributed by atoms with Gasteiger partial charge >= 0.3 is 0 Å². The lowest BCUT2D eigenvalue weighted by molar-refractivity contribution is 0.259. The van der Waals surface area contributed by atoms with E-state index in [9.17, 15) is 0 Å². The molecule has 0 unspecified atom stereocenters. The van der Waals surface area contributed by atoms with Crippen molar-refractivity contribution in [2.24, 2.45) is 0 Å². The molecule has 59 heavy (non-hydrogen) atoms. The summed E-state index contributed by atoms with van der Waals surface area (Å²) >= 11 is 0. The van der Waals surface area contributed by atoms with Gasteiger partial charge in [-0.3, -0.25) is 0 Å². The normalized spacial score (nSPS) is 11.7. The van der Waals surface area contributed by atoms with Gasteiger partial charge in [0.25, 0.3) is 0 Å². The summed E-state index contributed by atoms with van der Waals surface area (Å²) in [5.41, 5.74) is 3.54. The van der Waals surface area contributed by atoms with E-state index in [0.717, 1.165) is 88.8 Å². The highest BCUT2D eigenvalue weighted by atomic mass is 16.5. The Morgan fingerprint density at radius 1 is 0.322 bits per heavy atom. The minimum absolute atomic E-state index is 0.670. The van der Waals surface area contributed by atoms with E-state index in [2.05, 4.69) is 123 Å². The van der Waals surface area contributed by atoms with Gasteiger partial charge in [-0.05, 0) is 107 Å². The van der Waals surface area contributed by atoms with Crippen LogP contribution in [-0.2, 0) is 0 Å². The molecule has 1 heterocycles. The van der Waals surface area contributed by atoms with E-state index < -0.39 is 0 Å². The van der Waals surface area contributed by atoms with Crippen LogP contribution in [0.5, 0.6) is 23.0 Å². The van der Waals surface area contributed by atoms with Crippen LogP contribution >= 0.6 is 0 Å². The Labute approximate surface area is 353 Å². The Hall–Kier alpha value is -4.90. The molecular formula is C54H67NO4. The minimum Gasteiger partial charge on any atom is -0.490 e. The number of rotatable bonds is 25. The third-order valence-corrected chi connectivity index (χ3v) is 11.9. The molecule has 5 heteroatoms. The fraction of sp³-hybridized carbons (Fsp3) is 0.444. The average molecular weight is 794 g/mol. The number of hydrogen-bond acceptors (Lipinski definition) is 4. The number of hydrogen-bond donors (Lipinski definition) is 0. The quantitative estimate of drug-likeness (QED) is 0.0427. The van der Waals surface area contributed by atoms with Crippen molar-refractivity contribution >= 4 is 54.1 Å². The Morgan fingerprint density at radius 3 is 1.03 bits per heavy atom. The van der Waals surface area contributed by atoms with Crippen molar-refractivity contribution < 1.29 is 18.9 Å². The monoisotopic (exact) mass is 794 g/mol. The summed E-state index contributed by atoms with van der Waals surface area (Å²) in [5.74, 6) is 3.30. The molecule has 0 aliphatic rings. The van der Waals surface area contributed by atoms with Crippen LogP contribution in [0, 0.1) is 0 Å². The lowest BCUT2D eigenvalue weighted by Crippen LogP contribution is -2.04. The summed E-state index contributed by atoms with van der Waals surface area (Å²) in [6.45, 7) is 11.7. The standard InChI is InChI=1S/C54H67NO4/c1-5-9-13-21-31-56-51-36-45-41-30-29-40(55-49-27-19-17-25-42(49)43-26-18-20-28-50(43)55)35-44(41)46-37-52(57-32-22-14-10-6-2)54(59-34-24-16-12-8-4)39-48(46)47(45)38-53(51)58-33-23-15-11-7-3/h17-20,25-30,35-39H,5-16,21-24,31-34H2,1-4H3. The first-order valence-corrected chi connectivity index (χ1v) is 23.2. The van der Waals surface area contributed by atoms with Crippen molar-refractivity contribution in [2.75, 3.05) is 26.4 Å². The number of unbranched alkanes of at least 4 members (excludes halogenated alkanes) is 12. The summed E-state index contributed by atoms with van der Waals surface area (Å²) in [6.07, 6.45) is 18.5. The van der Waals surface area contributed by atoms with Gasteiger partial charge in [0.05, 0.1) is 37.5 Å². The van der Waals surface area contributed by atoms with E-state index >= 15 is 0 Å². The molecule has 7 aromatic rings. The van der Waals surface area contributed by atoms with Gasteiger partial charge in [0, 0.05) is 16.5 Å². The summed E-state index contributed by atoms with van der Waals surface area (Å²) < 4.78 is 29.0. The molecule has 0 saturated heterocycles. The zero-order chi connectivity index (χ0) is 40.8. The minimum atomic E-state index is 0.670. The predicted molar refractivity (Wildman–Crippen MR) is 252 cm³/mol. The molecule has 6 aromatic carbocycles. The van der Waals surface area contributed by atoms with E-state index in [0.29, 0.717) is 26.4 Å². The number of nitrogens with zero attached hydrogens (tertiary/aromatic N) is 1. The van der Waals surface area contributed by atoms with Crippen LogP contribution in [0.1, 0.15) is 130 Å². The first-order valence-electron chi connectivity index (χ1n) is 23.2. The van der Waals surface area contributed by atoms with Crippen LogP contribution in [0.3, 0.4) is 0 Å². The van der Waals surface area contributed by atoms with Crippen molar-refractivity contribution in [3.05, 3.63) is 91.0 Å². The second-order valence-electron chi connectivity index (χ2n) is 16.4. The first-order chi connectivity index (χ1) is 29.2. The van der Waals surface area contributed by atoms with Crippen LogP contribution < -0.4 is 18.9 Å². The Bertz CT molecular complexity index is 2370. The maximum atomic E-state index is 6.67. The van der Waals surface area contributed by atoms with E-state index in [1.807, 2.05) is 0 Å². The van der Waals surface area contributed by atoms with Crippen molar-refractivity contribution in [3.63, 3.8) is 0 Å². The van der Waals surface area contributed by atoms with Gasteiger partial charge in [0.2, 0.25) is 0 Å². The van der Waals surface area contributed by atoms with Crippen molar-refractivity contribution in [1.82, 2.24) is 4.57 Å². The summed E-state index contributed by atoms with van der Waals surface area (Å²) in [4.78, 5) is 0. The molecule has 0 atom stereocenters. The van der Waals surface area contributed by atoms with E-state index in [1.54, 1.807) is 0 Å². The second kappa shape index (κ2) is 21.4. The molecule has 0 aliphatic carbocycles. The van der Waals surface area contributed by atoms with Crippen LogP contribution in [-0.4, -0.2) is 31.0 Å². The zero-order valence-electron chi connectivity index (χ0n) is 36.4.